The maximum Gasteiger partial charge on any atom is 0.170 e. The lowest BCUT2D eigenvalue weighted by molar-refractivity contribution is 0.0989. The first kappa shape index (κ1) is 15.0. The van der Waals surface area contributed by atoms with Gasteiger partial charge in [-0.05, 0) is 32.0 Å². The molecule has 0 aliphatic carbocycles. The molecule has 6 nitrogen and oxygen atoms in total. The largest absolute Gasteiger partial charge is 0.490 e. The molecular weight excluding hydrogens is 270 g/mol. The van der Waals surface area contributed by atoms with Gasteiger partial charge in [0.1, 0.15) is 12.2 Å². The van der Waals surface area contributed by atoms with E-state index in [9.17, 15) is 4.79 Å². The molecule has 112 valence electrons. The monoisotopic (exact) mass is 289 g/mol. The van der Waals surface area contributed by atoms with Gasteiger partial charge in [-0.25, -0.2) is 4.98 Å². The third-order valence-corrected chi connectivity index (χ3v) is 2.99. The second-order valence-corrected chi connectivity index (χ2v) is 4.43. The smallest absolute Gasteiger partial charge is 0.170 e. The summed E-state index contributed by atoms with van der Waals surface area (Å²) in [4.78, 5) is 16.4. The first-order chi connectivity index (χ1) is 10.2. The van der Waals surface area contributed by atoms with E-state index < -0.39 is 0 Å². The Kier molecular flexibility index (Phi) is 4.92. The predicted molar refractivity (Wildman–Crippen MR) is 77.8 cm³/mol. The Morgan fingerprint density at radius 2 is 1.90 bits per heavy atom. The third-order valence-electron chi connectivity index (χ3n) is 2.99. The zero-order valence-corrected chi connectivity index (χ0v) is 12.5. The molecule has 2 rings (SSSR count). The van der Waals surface area contributed by atoms with E-state index in [1.165, 1.54) is 6.33 Å². The molecule has 0 saturated heterocycles. The molecule has 1 aromatic heterocycles. The standard InChI is InChI=1S/C15H19N3O3/c1-4-20-13-7-6-11(8-14(13)21-5-2)12(19)9-15-16-10-17-18(15)3/h6-8,10H,4-5,9H2,1-3H3. The van der Waals surface area contributed by atoms with Crippen molar-refractivity contribution < 1.29 is 14.3 Å². The lowest BCUT2D eigenvalue weighted by atomic mass is 10.1. The van der Waals surface area contributed by atoms with E-state index in [4.69, 9.17) is 9.47 Å². The van der Waals surface area contributed by atoms with Crippen LogP contribution in [0.1, 0.15) is 30.0 Å². The number of Topliss-reactive ketones (excluding diaryl/α,β-unsaturated/α-hetero) is 1. The highest BCUT2D eigenvalue weighted by Gasteiger charge is 2.14. The van der Waals surface area contributed by atoms with Crippen LogP contribution in [0.25, 0.3) is 0 Å². The zero-order chi connectivity index (χ0) is 15.2. The molecule has 0 spiro atoms. The molecule has 0 unspecified atom stereocenters. The average Bonchev–Trinajstić information content (AvgIpc) is 2.86. The Bertz CT molecular complexity index is 622. The van der Waals surface area contributed by atoms with Crippen molar-refractivity contribution >= 4 is 5.78 Å². The first-order valence-electron chi connectivity index (χ1n) is 6.91. The SMILES string of the molecule is CCOc1ccc(C(=O)Cc2ncnn2C)cc1OCC. The highest BCUT2D eigenvalue weighted by molar-refractivity contribution is 5.97. The van der Waals surface area contributed by atoms with E-state index in [-0.39, 0.29) is 12.2 Å². The number of hydrogen-bond donors (Lipinski definition) is 0. The molecule has 0 fully saturated rings. The maximum absolute atomic E-state index is 12.3. The van der Waals surface area contributed by atoms with E-state index in [1.807, 2.05) is 13.8 Å². The van der Waals surface area contributed by atoms with E-state index >= 15 is 0 Å². The second kappa shape index (κ2) is 6.88. The number of ketones is 1. The van der Waals surface area contributed by atoms with Crippen LogP contribution in [0, 0.1) is 0 Å². The molecule has 2 aromatic rings. The van der Waals surface area contributed by atoms with Crippen LogP contribution in [0.5, 0.6) is 11.5 Å². The topological polar surface area (TPSA) is 66.2 Å². The van der Waals surface area contributed by atoms with Crippen LogP contribution in [0.15, 0.2) is 24.5 Å². The van der Waals surface area contributed by atoms with Crippen molar-refractivity contribution in [2.24, 2.45) is 7.05 Å². The molecule has 0 aliphatic rings. The van der Waals surface area contributed by atoms with Gasteiger partial charge in [-0.1, -0.05) is 0 Å². The summed E-state index contributed by atoms with van der Waals surface area (Å²) in [5, 5.41) is 3.96. The second-order valence-electron chi connectivity index (χ2n) is 4.43. The van der Waals surface area contributed by atoms with Crippen LogP contribution in [0.3, 0.4) is 0 Å². The van der Waals surface area contributed by atoms with Crippen LogP contribution < -0.4 is 9.47 Å². The molecule has 0 bridgehead atoms. The van der Waals surface area contributed by atoms with Crippen molar-refractivity contribution in [2.75, 3.05) is 13.2 Å². The summed E-state index contributed by atoms with van der Waals surface area (Å²) in [6.07, 6.45) is 1.64. The van der Waals surface area contributed by atoms with E-state index in [2.05, 4.69) is 10.1 Å². The van der Waals surface area contributed by atoms with E-state index in [0.717, 1.165) is 0 Å². The van der Waals surface area contributed by atoms with Crippen LogP contribution in [0.2, 0.25) is 0 Å². The van der Waals surface area contributed by atoms with Crippen molar-refractivity contribution in [3.8, 4) is 11.5 Å². The number of aryl methyl sites for hydroxylation is 1. The molecule has 1 aromatic carbocycles. The fraction of sp³-hybridized carbons (Fsp3) is 0.400. The first-order valence-corrected chi connectivity index (χ1v) is 6.91. The van der Waals surface area contributed by atoms with Crippen LogP contribution in [0.4, 0.5) is 0 Å². The van der Waals surface area contributed by atoms with Gasteiger partial charge < -0.3 is 9.47 Å². The normalized spacial score (nSPS) is 10.4. The molecule has 1 heterocycles. The van der Waals surface area contributed by atoms with Crippen molar-refractivity contribution in [1.29, 1.82) is 0 Å². The Morgan fingerprint density at radius 3 is 2.52 bits per heavy atom. The van der Waals surface area contributed by atoms with Gasteiger partial charge in [-0.3, -0.25) is 9.48 Å². The lowest BCUT2D eigenvalue weighted by Crippen LogP contribution is -2.09. The molecule has 21 heavy (non-hydrogen) atoms. The van der Waals surface area contributed by atoms with E-state index in [0.29, 0.717) is 36.1 Å². The summed E-state index contributed by atoms with van der Waals surface area (Å²) in [5.74, 6) is 1.83. The fourth-order valence-corrected chi connectivity index (χ4v) is 1.95. The minimum absolute atomic E-state index is 0.0323. The van der Waals surface area contributed by atoms with Crippen molar-refractivity contribution in [1.82, 2.24) is 14.8 Å². The summed E-state index contributed by atoms with van der Waals surface area (Å²) >= 11 is 0. The van der Waals surface area contributed by atoms with Gasteiger partial charge in [0.05, 0.1) is 19.6 Å². The highest BCUT2D eigenvalue weighted by atomic mass is 16.5. The Labute approximate surface area is 123 Å². The van der Waals surface area contributed by atoms with E-state index in [1.54, 1.807) is 29.9 Å². The highest BCUT2D eigenvalue weighted by Crippen LogP contribution is 2.29. The number of hydrogen-bond acceptors (Lipinski definition) is 5. The number of ether oxygens (including phenoxy) is 2. The summed E-state index contributed by atoms with van der Waals surface area (Å²) < 4.78 is 12.6. The van der Waals surface area contributed by atoms with Gasteiger partial charge in [0.15, 0.2) is 17.3 Å². The van der Waals surface area contributed by atoms with Crippen molar-refractivity contribution in [2.45, 2.75) is 20.3 Å². The molecule has 0 amide bonds. The Morgan fingerprint density at radius 1 is 1.19 bits per heavy atom. The third kappa shape index (κ3) is 3.59. The zero-order valence-electron chi connectivity index (χ0n) is 12.5. The van der Waals surface area contributed by atoms with Crippen molar-refractivity contribution in [3.63, 3.8) is 0 Å². The molecule has 0 radical (unpaired) electrons. The Balaban J connectivity index is 2.21. The number of benzene rings is 1. The van der Waals surface area contributed by atoms with Gasteiger partial charge in [0.2, 0.25) is 0 Å². The summed E-state index contributed by atoms with van der Waals surface area (Å²) in [5.41, 5.74) is 0.574. The summed E-state index contributed by atoms with van der Waals surface area (Å²) in [6, 6.07) is 5.22. The van der Waals surface area contributed by atoms with Crippen LogP contribution in [-0.2, 0) is 13.5 Å². The number of rotatable bonds is 7. The molecule has 0 N–H and O–H groups in total. The van der Waals surface area contributed by atoms with Crippen molar-refractivity contribution in [3.05, 3.63) is 35.9 Å². The van der Waals surface area contributed by atoms with Crippen LogP contribution >= 0.6 is 0 Å². The number of carbonyl (C=O) groups excluding carboxylic acids is 1. The minimum Gasteiger partial charge on any atom is -0.490 e. The number of aromatic nitrogens is 3. The van der Waals surface area contributed by atoms with Gasteiger partial charge >= 0.3 is 0 Å². The summed E-state index contributed by atoms with van der Waals surface area (Å²) in [6.45, 7) is 4.86. The van der Waals surface area contributed by atoms with Crippen LogP contribution in [-0.4, -0.2) is 33.8 Å². The molecular formula is C15H19N3O3. The number of nitrogens with zero attached hydrogens (tertiary/aromatic N) is 3. The maximum atomic E-state index is 12.3. The molecule has 6 heteroatoms. The fourth-order valence-electron chi connectivity index (χ4n) is 1.95. The lowest BCUT2D eigenvalue weighted by Gasteiger charge is -2.12. The predicted octanol–water partition coefficient (Wildman–Crippen LogP) is 2.04. The van der Waals surface area contributed by atoms with Gasteiger partial charge in [0.25, 0.3) is 0 Å². The quantitative estimate of drug-likeness (QED) is 0.730. The Hall–Kier alpha value is -2.37. The average molecular weight is 289 g/mol. The van der Waals surface area contributed by atoms with Gasteiger partial charge in [-0.15, -0.1) is 0 Å². The molecule has 0 aliphatic heterocycles. The molecule has 0 atom stereocenters. The van der Waals surface area contributed by atoms with Gasteiger partial charge in [0, 0.05) is 12.6 Å². The van der Waals surface area contributed by atoms with Gasteiger partial charge in [-0.2, -0.15) is 5.10 Å². The molecule has 0 saturated carbocycles. The summed E-state index contributed by atoms with van der Waals surface area (Å²) in [7, 11) is 1.76. The number of carbonyl (C=O) groups is 1. The minimum atomic E-state index is -0.0323.